The molecular weight excluding hydrogens is 309 g/mol. The average Bonchev–Trinajstić information content (AvgIpc) is 2.37. The molecule has 100 valence electrons. The average molecular weight is 324 g/mol. The van der Waals surface area contributed by atoms with E-state index >= 15 is 0 Å². The highest BCUT2D eigenvalue weighted by atomic mass is 79.9. The fourth-order valence-corrected chi connectivity index (χ4v) is 2.23. The third-order valence-electron chi connectivity index (χ3n) is 2.75. The highest BCUT2D eigenvalue weighted by molar-refractivity contribution is 9.10. The molecule has 2 N–H and O–H groups in total. The molecule has 0 aromatic heterocycles. The molecule has 0 aliphatic heterocycles. The summed E-state index contributed by atoms with van der Waals surface area (Å²) in [5, 5.41) is 0. The highest BCUT2D eigenvalue weighted by Gasteiger charge is 2.21. The molecule has 19 heavy (non-hydrogen) atoms. The van der Waals surface area contributed by atoms with Crippen LogP contribution in [0.25, 0.3) is 0 Å². The predicted octanol–water partition coefficient (Wildman–Crippen LogP) is 4.06. The van der Waals surface area contributed by atoms with Gasteiger partial charge in [0.15, 0.2) is 0 Å². The summed E-state index contributed by atoms with van der Waals surface area (Å²) in [5.41, 5.74) is 6.39. The number of hydrogen-bond donors (Lipinski definition) is 1. The van der Waals surface area contributed by atoms with Gasteiger partial charge in [0, 0.05) is 16.1 Å². The first-order valence-corrected chi connectivity index (χ1v) is 6.79. The van der Waals surface area contributed by atoms with Gasteiger partial charge in [0.05, 0.1) is 0 Å². The second-order valence-electron chi connectivity index (χ2n) is 4.38. The quantitative estimate of drug-likeness (QED) is 0.921. The van der Waals surface area contributed by atoms with Gasteiger partial charge in [-0.2, -0.15) is 0 Å². The Morgan fingerprint density at radius 2 is 1.89 bits per heavy atom. The molecule has 4 heteroatoms. The van der Waals surface area contributed by atoms with Crippen LogP contribution >= 0.6 is 15.9 Å². The molecule has 2 rings (SSSR count). The van der Waals surface area contributed by atoms with E-state index in [2.05, 4.69) is 15.9 Å². The Hall–Kier alpha value is -1.39. The molecule has 0 heterocycles. The molecule has 2 aromatic rings. The number of hydrogen-bond acceptors (Lipinski definition) is 2. The van der Waals surface area contributed by atoms with Crippen molar-refractivity contribution in [2.24, 2.45) is 5.73 Å². The van der Waals surface area contributed by atoms with E-state index in [1.807, 2.05) is 24.3 Å². The van der Waals surface area contributed by atoms with Crippen LogP contribution in [0, 0.1) is 5.82 Å². The van der Waals surface area contributed by atoms with E-state index < -0.39 is 6.10 Å². The molecular formula is C15H15BrFNO. The third kappa shape index (κ3) is 3.55. The van der Waals surface area contributed by atoms with Gasteiger partial charge in [-0.3, -0.25) is 0 Å². The predicted molar refractivity (Wildman–Crippen MR) is 77.6 cm³/mol. The number of ether oxygens (including phenoxy) is 1. The van der Waals surface area contributed by atoms with Crippen molar-refractivity contribution in [1.29, 1.82) is 0 Å². The largest absolute Gasteiger partial charge is 0.484 e. The summed E-state index contributed by atoms with van der Waals surface area (Å²) in [6, 6.07) is 13.6. The van der Waals surface area contributed by atoms with Gasteiger partial charge >= 0.3 is 0 Å². The molecule has 2 aromatic carbocycles. The van der Waals surface area contributed by atoms with Crippen molar-refractivity contribution in [1.82, 2.24) is 0 Å². The molecule has 2 atom stereocenters. The molecule has 2 nitrogen and oxygen atoms in total. The normalized spacial score (nSPS) is 13.9. The zero-order valence-electron chi connectivity index (χ0n) is 10.5. The van der Waals surface area contributed by atoms with Gasteiger partial charge in [0.2, 0.25) is 0 Å². The van der Waals surface area contributed by atoms with Crippen LogP contribution in [0.3, 0.4) is 0 Å². The number of nitrogens with two attached hydrogens (primary N) is 1. The Bertz CT molecular complexity index is 559. The first kappa shape index (κ1) is 14.0. The minimum atomic E-state index is -0.518. The fourth-order valence-electron chi connectivity index (χ4n) is 1.85. The summed E-state index contributed by atoms with van der Waals surface area (Å²) in [6.07, 6.45) is -0.518. The lowest BCUT2D eigenvalue weighted by Crippen LogP contribution is -2.29. The lowest BCUT2D eigenvalue weighted by Gasteiger charge is -2.23. The Morgan fingerprint density at radius 1 is 1.16 bits per heavy atom. The molecule has 0 radical (unpaired) electrons. The molecule has 0 fully saturated rings. The summed E-state index contributed by atoms with van der Waals surface area (Å²) in [7, 11) is 0. The second-order valence-corrected chi connectivity index (χ2v) is 5.29. The smallest absolute Gasteiger partial charge is 0.141 e. The van der Waals surface area contributed by atoms with Crippen molar-refractivity contribution in [3.63, 3.8) is 0 Å². The van der Waals surface area contributed by atoms with E-state index in [0.717, 1.165) is 4.47 Å². The second kappa shape index (κ2) is 6.17. The van der Waals surface area contributed by atoms with Gasteiger partial charge in [-0.15, -0.1) is 0 Å². The van der Waals surface area contributed by atoms with Crippen LogP contribution in [0.15, 0.2) is 53.0 Å². The number of rotatable bonds is 4. The molecule has 2 unspecified atom stereocenters. The molecule has 0 amide bonds. The SMILES string of the molecule is CC(N)C(Oc1cccc(Br)c1)c1ccccc1F. The van der Waals surface area contributed by atoms with E-state index in [1.54, 1.807) is 25.1 Å². The molecule has 0 saturated heterocycles. The maximum atomic E-state index is 13.8. The summed E-state index contributed by atoms with van der Waals surface area (Å²) in [4.78, 5) is 0. The molecule has 0 aliphatic rings. The Balaban J connectivity index is 2.29. The first-order valence-electron chi connectivity index (χ1n) is 6.00. The Kier molecular flexibility index (Phi) is 4.56. The first-order chi connectivity index (χ1) is 9.08. The zero-order chi connectivity index (χ0) is 13.8. The Morgan fingerprint density at radius 3 is 2.53 bits per heavy atom. The van der Waals surface area contributed by atoms with E-state index in [0.29, 0.717) is 11.3 Å². The minimum absolute atomic E-state index is 0.306. The van der Waals surface area contributed by atoms with Crippen molar-refractivity contribution >= 4 is 15.9 Å². The van der Waals surface area contributed by atoms with Crippen LogP contribution in [-0.2, 0) is 0 Å². The van der Waals surface area contributed by atoms with Crippen molar-refractivity contribution in [2.45, 2.75) is 19.1 Å². The highest BCUT2D eigenvalue weighted by Crippen LogP contribution is 2.27. The van der Waals surface area contributed by atoms with Gasteiger partial charge in [-0.25, -0.2) is 4.39 Å². The van der Waals surface area contributed by atoms with Gasteiger partial charge in [-0.05, 0) is 31.2 Å². The summed E-state index contributed by atoms with van der Waals surface area (Å²) < 4.78 is 20.6. The third-order valence-corrected chi connectivity index (χ3v) is 3.24. The van der Waals surface area contributed by atoms with E-state index in [9.17, 15) is 4.39 Å². The van der Waals surface area contributed by atoms with Crippen molar-refractivity contribution in [3.8, 4) is 5.75 Å². The van der Waals surface area contributed by atoms with Crippen LogP contribution < -0.4 is 10.5 Å². The van der Waals surface area contributed by atoms with Gasteiger partial charge < -0.3 is 10.5 Å². The lowest BCUT2D eigenvalue weighted by atomic mass is 10.0. The number of halogens is 2. The lowest BCUT2D eigenvalue weighted by molar-refractivity contribution is 0.175. The Labute approximate surface area is 120 Å². The minimum Gasteiger partial charge on any atom is -0.484 e. The van der Waals surface area contributed by atoms with Gasteiger partial charge in [0.25, 0.3) is 0 Å². The summed E-state index contributed by atoms with van der Waals surface area (Å²) in [5.74, 6) is 0.347. The van der Waals surface area contributed by atoms with Crippen LogP contribution in [-0.4, -0.2) is 6.04 Å². The van der Waals surface area contributed by atoms with Crippen LogP contribution in [0.5, 0.6) is 5.75 Å². The van der Waals surface area contributed by atoms with Crippen molar-refractivity contribution in [2.75, 3.05) is 0 Å². The van der Waals surface area contributed by atoms with E-state index in [-0.39, 0.29) is 11.9 Å². The van der Waals surface area contributed by atoms with Crippen LogP contribution in [0.4, 0.5) is 4.39 Å². The number of benzene rings is 2. The van der Waals surface area contributed by atoms with Crippen molar-refractivity contribution < 1.29 is 9.13 Å². The molecule has 0 spiro atoms. The molecule has 0 aliphatic carbocycles. The van der Waals surface area contributed by atoms with Gasteiger partial charge in [0.1, 0.15) is 17.7 Å². The maximum absolute atomic E-state index is 13.8. The van der Waals surface area contributed by atoms with Gasteiger partial charge in [-0.1, -0.05) is 40.2 Å². The summed E-state index contributed by atoms with van der Waals surface area (Å²) >= 11 is 3.37. The maximum Gasteiger partial charge on any atom is 0.141 e. The standard InChI is InChI=1S/C15H15BrFNO/c1-10(18)15(13-7-2-3-8-14(13)17)19-12-6-4-5-11(16)9-12/h2-10,15H,18H2,1H3. The van der Waals surface area contributed by atoms with E-state index in [1.165, 1.54) is 6.07 Å². The van der Waals surface area contributed by atoms with Crippen molar-refractivity contribution in [3.05, 3.63) is 64.4 Å². The zero-order valence-corrected chi connectivity index (χ0v) is 12.1. The fraction of sp³-hybridized carbons (Fsp3) is 0.200. The molecule has 0 saturated carbocycles. The summed E-state index contributed by atoms with van der Waals surface area (Å²) in [6.45, 7) is 1.80. The van der Waals surface area contributed by atoms with Crippen LogP contribution in [0.1, 0.15) is 18.6 Å². The topological polar surface area (TPSA) is 35.2 Å². The van der Waals surface area contributed by atoms with Crippen LogP contribution in [0.2, 0.25) is 0 Å². The van der Waals surface area contributed by atoms with E-state index in [4.69, 9.17) is 10.5 Å². The molecule has 0 bridgehead atoms. The monoisotopic (exact) mass is 323 g/mol.